The van der Waals surface area contributed by atoms with Gasteiger partial charge in [-0.2, -0.15) is 0 Å². The number of methoxy groups -OCH3 is 1. The number of hydrogen-bond acceptors (Lipinski definition) is 3. The highest BCUT2D eigenvalue weighted by molar-refractivity contribution is 6.33. The van der Waals surface area contributed by atoms with Crippen LogP contribution in [0.4, 0.5) is 5.82 Å². The Morgan fingerprint density at radius 1 is 1.25 bits per heavy atom. The molecule has 3 nitrogen and oxygen atoms in total. The van der Waals surface area contributed by atoms with Crippen LogP contribution in [0.2, 0.25) is 5.02 Å². The third kappa shape index (κ3) is 3.56. The van der Waals surface area contributed by atoms with Crippen molar-refractivity contribution in [2.75, 3.05) is 19.1 Å². The number of alkyl halides is 1. The summed E-state index contributed by atoms with van der Waals surface area (Å²) in [6.45, 7) is 0.699. The molecule has 0 saturated carbocycles. The fourth-order valence-corrected chi connectivity index (χ4v) is 2.42. The molecule has 1 aromatic heterocycles. The molecule has 0 unspecified atom stereocenters. The molecular formula is C15H16Cl2N2O. The van der Waals surface area contributed by atoms with Crippen LogP contribution in [-0.2, 0) is 12.4 Å². The summed E-state index contributed by atoms with van der Waals surface area (Å²) in [7, 11) is 3.61. The molecule has 0 aliphatic heterocycles. The molecule has 0 aliphatic carbocycles. The lowest BCUT2D eigenvalue weighted by atomic mass is 10.2. The number of halogens is 2. The van der Waals surface area contributed by atoms with Crippen molar-refractivity contribution >= 4 is 29.0 Å². The molecule has 2 aromatic rings. The van der Waals surface area contributed by atoms with Gasteiger partial charge >= 0.3 is 0 Å². The van der Waals surface area contributed by atoms with Gasteiger partial charge < -0.3 is 9.64 Å². The summed E-state index contributed by atoms with van der Waals surface area (Å²) in [4.78, 5) is 6.36. The van der Waals surface area contributed by atoms with E-state index in [0.29, 0.717) is 17.4 Å². The Balaban J connectivity index is 2.16. The molecule has 0 atom stereocenters. The summed E-state index contributed by atoms with van der Waals surface area (Å²) in [5.74, 6) is 1.99. The lowest BCUT2D eigenvalue weighted by molar-refractivity contribution is 0.414. The highest BCUT2D eigenvalue weighted by Crippen LogP contribution is 2.25. The predicted octanol–water partition coefficient (Wildman–Crippen LogP) is 4.12. The smallest absolute Gasteiger partial charge is 0.147 e. The summed E-state index contributed by atoms with van der Waals surface area (Å²) >= 11 is 12.0. The first-order chi connectivity index (χ1) is 9.63. The highest BCUT2D eigenvalue weighted by Gasteiger charge is 2.09. The molecule has 20 heavy (non-hydrogen) atoms. The molecule has 0 radical (unpaired) electrons. The summed E-state index contributed by atoms with van der Waals surface area (Å²) in [6.07, 6.45) is 1.75. The maximum absolute atomic E-state index is 6.24. The first-order valence-electron chi connectivity index (χ1n) is 6.18. The topological polar surface area (TPSA) is 25.4 Å². The second kappa shape index (κ2) is 6.82. The van der Waals surface area contributed by atoms with Gasteiger partial charge in [0.05, 0.1) is 12.1 Å². The second-order valence-corrected chi connectivity index (χ2v) is 5.16. The van der Waals surface area contributed by atoms with Crippen LogP contribution in [-0.4, -0.2) is 19.1 Å². The maximum Gasteiger partial charge on any atom is 0.147 e. The Hall–Kier alpha value is -1.45. The van der Waals surface area contributed by atoms with E-state index in [2.05, 4.69) is 4.98 Å². The van der Waals surface area contributed by atoms with Crippen molar-refractivity contribution < 1.29 is 4.74 Å². The van der Waals surface area contributed by atoms with Crippen LogP contribution in [0.15, 0.2) is 36.5 Å². The van der Waals surface area contributed by atoms with Crippen LogP contribution in [0.5, 0.6) is 5.75 Å². The number of ether oxygens (including phenoxy) is 1. The van der Waals surface area contributed by atoms with Crippen LogP contribution >= 0.6 is 23.2 Å². The van der Waals surface area contributed by atoms with Crippen LogP contribution < -0.4 is 9.64 Å². The van der Waals surface area contributed by atoms with E-state index in [-0.39, 0.29) is 0 Å². The number of nitrogens with zero attached hydrogens (tertiary/aromatic N) is 2. The molecule has 0 saturated heterocycles. The monoisotopic (exact) mass is 310 g/mol. The van der Waals surface area contributed by atoms with Crippen molar-refractivity contribution in [3.05, 3.63) is 52.7 Å². The number of anilines is 1. The van der Waals surface area contributed by atoms with E-state index >= 15 is 0 Å². The Morgan fingerprint density at radius 2 is 2.05 bits per heavy atom. The molecule has 0 fully saturated rings. The van der Waals surface area contributed by atoms with E-state index in [1.54, 1.807) is 13.3 Å². The number of pyridine rings is 1. The fraction of sp³-hybridized carbons (Fsp3) is 0.267. The van der Waals surface area contributed by atoms with E-state index in [1.165, 1.54) is 0 Å². The lowest BCUT2D eigenvalue weighted by Crippen LogP contribution is -2.18. The SMILES string of the molecule is COc1cccc(CN(C)c2ncc(CCl)cc2Cl)c1. The number of hydrogen-bond donors (Lipinski definition) is 0. The molecule has 5 heteroatoms. The highest BCUT2D eigenvalue weighted by atomic mass is 35.5. The first kappa shape index (κ1) is 14.9. The first-order valence-corrected chi connectivity index (χ1v) is 7.09. The van der Waals surface area contributed by atoms with Crippen LogP contribution in [0.25, 0.3) is 0 Å². The van der Waals surface area contributed by atoms with Crippen LogP contribution in [0.1, 0.15) is 11.1 Å². The summed E-state index contributed by atoms with van der Waals surface area (Å²) in [6, 6.07) is 9.77. The Morgan fingerprint density at radius 3 is 2.70 bits per heavy atom. The second-order valence-electron chi connectivity index (χ2n) is 4.49. The van der Waals surface area contributed by atoms with Gasteiger partial charge in [0.25, 0.3) is 0 Å². The van der Waals surface area contributed by atoms with Gasteiger partial charge in [-0.3, -0.25) is 0 Å². The molecule has 0 amide bonds. The maximum atomic E-state index is 6.24. The van der Waals surface area contributed by atoms with E-state index in [1.807, 2.05) is 42.3 Å². The number of benzene rings is 1. The minimum absolute atomic E-state index is 0.409. The van der Waals surface area contributed by atoms with Gasteiger partial charge in [-0.15, -0.1) is 11.6 Å². The average molecular weight is 311 g/mol. The minimum Gasteiger partial charge on any atom is -0.497 e. The molecule has 0 bridgehead atoms. The summed E-state index contributed by atoms with van der Waals surface area (Å²) < 4.78 is 5.22. The fourth-order valence-electron chi connectivity index (χ4n) is 1.94. The molecule has 0 N–H and O–H groups in total. The molecule has 106 valence electrons. The van der Waals surface area contributed by atoms with E-state index in [4.69, 9.17) is 27.9 Å². The van der Waals surface area contributed by atoms with Gasteiger partial charge in [-0.1, -0.05) is 23.7 Å². The Bertz CT molecular complexity index is 590. The molecule has 2 rings (SSSR count). The zero-order valence-corrected chi connectivity index (χ0v) is 12.9. The van der Waals surface area contributed by atoms with E-state index in [9.17, 15) is 0 Å². The van der Waals surface area contributed by atoms with Gasteiger partial charge in [-0.25, -0.2) is 4.98 Å². The minimum atomic E-state index is 0.409. The average Bonchev–Trinajstić information content (AvgIpc) is 2.47. The van der Waals surface area contributed by atoms with Gasteiger partial charge in [0.1, 0.15) is 11.6 Å². The zero-order valence-electron chi connectivity index (χ0n) is 11.4. The molecule has 0 spiro atoms. The normalized spacial score (nSPS) is 10.4. The van der Waals surface area contributed by atoms with Gasteiger partial charge in [0.2, 0.25) is 0 Å². The van der Waals surface area contributed by atoms with Crippen molar-refractivity contribution in [1.29, 1.82) is 0 Å². The zero-order chi connectivity index (χ0) is 14.5. The van der Waals surface area contributed by atoms with Crippen molar-refractivity contribution in [1.82, 2.24) is 4.98 Å². The van der Waals surface area contributed by atoms with Crippen molar-refractivity contribution in [3.8, 4) is 5.75 Å². The summed E-state index contributed by atoms with van der Waals surface area (Å²) in [5, 5.41) is 0.605. The summed E-state index contributed by atoms with van der Waals surface area (Å²) in [5.41, 5.74) is 2.04. The number of aromatic nitrogens is 1. The van der Waals surface area contributed by atoms with Gasteiger partial charge in [0, 0.05) is 25.7 Å². The van der Waals surface area contributed by atoms with Crippen LogP contribution in [0.3, 0.4) is 0 Å². The lowest BCUT2D eigenvalue weighted by Gasteiger charge is -2.20. The quantitative estimate of drug-likeness (QED) is 0.777. The van der Waals surface area contributed by atoms with E-state index < -0.39 is 0 Å². The van der Waals surface area contributed by atoms with Gasteiger partial charge in [0.15, 0.2) is 0 Å². The third-order valence-corrected chi connectivity index (χ3v) is 3.53. The van der Waals surface area contributed by atoms with Crippen LogP contribution in [0, 0.1) is 0 Å². The molecule has 1 heterocycles. The Kier molecular flexibility index (Phi) is 5.10. The van der Waals surface area contributed by atoms with Gasteiger partial charge in [-0.05, 0) is 29.3 Å². The third-order valence-electron chi connectivity index (χ3n) is 2.95. The van der Waals surface area contributed by atoms with E-state index in [0.717, 1.165) is 22.7 Å². The molecule has 1 aromatic carbocycles. The van der Waals surface area contributed by atoms with Crippen molar-refractivity contribution in [2.45, 2.75) is 12.4 Å². The molecule has 0 aliphatic rings. The Labute approximate surface area is 129 Å². The largest absolute Gasteiger partial charge is 0.497 e. The predicted molar refractivity (Wildman–Crippen MR) is 83.9 cm³/mol. The molecular weight excluding hydrogens is 295 g/mol. The van der Waals surface area contributed by atoms with Crippen molar-refractivity contribution in [2.24, 2.45) is 0 Å². The van der Waals surface area contributed by atoms with Crippen molar-refractivity contribution in [3.63, 3.8) is 0 Å². The standard InChI is InChI=1S/C15H16Cl2N2O/c1-19(10-11-4-3-5-13(6-11)20-2)15-14(17)7-12(8-16)9-18-15/h3-7,9H,8,10H2,1-2H3. The number of rotatable bonds is 5.